The summed E-state index contributed by atoms with van der Waals surface area (Å²) in [5, 5.41) is 20.6. The molecule has 110 valence electrons. The maximum Gasteiger partial charge on any atom is 0.435 e. The topological polar surface area (TPSA) is 98.3 Å². The van der Waals surface area contributed by atoms with Gasteiger partial charge in [-0.15, -0.1) is 0 Å². The number of aromatic nitrogens is 2. The molecular formula is C14H15N3O4. The van der Waals surface area contributed by atoms with Crippen LogP contribution in [-0.4, -0.2) is 25.6 Å². The summed E-state index contributed by atoms with van der Waals surface area (Å²) >= 11 is 0. The van der Waals surface area contributed by atoms with Crippen LogP contribution in [0.4, 0.5) is 5.95 Å². The first-order valence-corrected chi connectivity index (χ1v) is 6.31. The number of hydrogen-bond acceptors (Lipinski definition) is 4. The van der Waals surface area contributed by atoms with Crippen LogP contribution in [0.1, 0.15) is 25.5 Å². The smallest absolute Gasteiger partial charge is 0.435 e. The van der Waals surface area contributed by atoms with Gasteiger partial charge in [-0.1, -0.05) is 35.3 Å². The second-order valence-corrected chi connectivity index (χ2v) is 5.23. The Balaban J connectivity index is 2.65. The standard InChI is InChI=1S/C14H15N3O4/c1-14(2,12(18)19)11(10-6-4-3-5-7-10)16-9-8-15-13(16)17(20)21/h3-9,11H,1-2H3,(H,18,19). The van der Waals surface area contributed by atoms with E-state index in [9.17, 15) is 20.0 Å². The summed E-state index contributed by atoms with van der Waals surface area (Å²) in [5.74, 6) is -1.42. The lowest BCUT2D eigenvalue weighted by Crippen LogP contribution is -2.35. The number of benzene rings is 1. The predicted octanol–water partition coefficient (Wildman–Crippen LogP) is 2.49. The number of hydrogen-bond donors (Lipinski definition) is 1. The minimum absolute atomic E-state index is 0.377. The molecule has 7 heteroatoms. The number of nitro groups is 1. The molecule has 2 rings (SSSR count). The molecule has 0 fully saturated rings. The van der Waals surface area contributed by atoms with Crippen molar-refractivity contribution in [2.45, 2.75) is 19.9 Å². The molecule has 1 aromatic heterocycles. The molecule has 0 spiro atoms. The molecule has 0 bridgehead atoms. The number of imidazole rings is 1. The van der Waals surface area contributed by atoms with E-state index < -0.39 is 22.3 Å². The van der Waals surface area contributed by atoms with E-state index in [1.54, 1.807) is 30.3 Å². The van der Waals surface area contributed by atoms with Crippen molar-refractivity contribution in [1.29, 1.82) is 0 Å². The quantitative estimate of drug-likeness (QED) is 0.673. The fraction of sp³-hybridized carbons (Fsp3) is 0.286. The molecule has 1 N–H and O–H groups in total. The average Bonchev–Trinajstić information content (AvgIpc) is 2.89. The van der Waals surface area contributed by atoms with Crippen molar-refractivity contribution < 1.29 is 14.8 Å². The lowest BCUT2D eigenvalue weighted by atomic mass is 9.80. The molecule has 0 radical (unpaired) electrons. The fourth-order valence-corrected chi connectivity index (χ4v) is 2.33. The molecule has 1 unspecified atom stereocenters. The van der Waals surface area contributed by atoms with Gasteiger partial charge < -0.3 is 15.2 Å². The molecule has 1 atom stereocenters. The molecule has 0 saturated heterocycles. The molecule has 1 aromatic carbocycles. The molecule has 1 heterocycles. The summed E-state index contributed by atoms with van der Waals surface area (Å²) in [5.41, 5.74) is -0.571. The zero-order chi connectivity index (χ0) is 15.6. The molecule has 7 nitrogen and oxygen atoms in total. The van der Waals surface area contributed by atoms with Crippen LogP contribution in [0, 0.1) is 15.5 Å². The van der Waals surface area contributed by atoms with Gasteiger partial charge in [-0.05, 0) is 24.3 Å². The van der Waals surface area contributed by atoms with Crippen molar-refractivity contribution in [3.8, 4) is 0 Å². The third kappa shape index (κ3) is 2.62. The summed E-state index contributed by atoms with van der Waals surface area (Å²) in [6.45, 7) is 3.08. The SMILES string of the molecule is CC(C)(C(=O)O)C(c1ccccc1)n1ccnc1[N+](=O)[O-]. The van der Waals surface area contributed by atoms with Crippen LogP contribution in [-0.2, 0) is 4.79 Å². The summed E-state index contributed by atoms with van der Waals surface area (Å²) in [6.07, 6.45) is 2.73. The fourth-order valence-electron chi connectivity index (χ4n) is 2.33. The van der Waals surface area contributed by atoms with Gasteiger partial charge >= 0.3 is 11.9 Å². The van der Waals surface area contributed by atoms with E-state index in [1.807, 2.05) is 0 Å². The van der Waals surface area contributed by atoms with Crippen LogP contribution in [0.5, 0.6) is 0 Å². The Bertz CT molecular complexity index is 664. The number of carbonyl (C=O) groups is 1. The van der Waals surface area contributed by atoms with Crippen LogP contribution in [0.2, 0.25) is 0 Å². The van der Waals surface area contributed by atoms with Gasteiger partial charge in [0.1, 0.15) is 23.9 Å². The van der Waals surface area contributed by atoms with E-state index in [1.165, 1.54) is 30.8 Å². The highest BCUT2D eigenvalue weighted by atomic mass is 16.6. The van der Waals surface area contributed by atoms with E-state index in [-0.39, 0.29) is 5.95 Å². The van der Waals surface area contributed by atoms with Gasteiger partial charge in [0, 0.05) is 0 Å². The third-order valence-electron chi connectivity index (χ3n) is 3.44. The first-order chi connectivity index (χ1) is 9.85. The Morgan fingerprint density at radius 1 is 1.38 bits per heavy atom. The zero-order valence-corrected chi connectivity index (χ0v) is 11.6. The molecular weight excluding hydrogens is 274 g/mol. The zero-order valence-electron chi connectivity index (χ0n) is 11.6. The van der Waals surface area contributed by atoms with Gasteiger partial charge in [-0.25, -0.2) is 4.57 Å². The molecule has 0 aliphatic carbocycles. The van der Waals surface area contributed by atoms with Crippen molar-refractivity contribution in [2.75, 3.05) is 0 Å². The Morgan fingerprint density at radius 3 is 2.52 bits per heavy atom. The monoisotopic (exact) mass is 289 g/mol. The van der Waals surface area contributed by atoms with Gasteiger partial charge in [-0.3, -0.25) is 4.79 Å². The lowest BCUT2D eigenvalue weighted by molar-refractivity contribution is -0.397. The molecule has 2 aromatic rings. The van der Waals surface area contributed by atoms with Crippen molar-refractivity contribution in [3.63, 3.8) is 0 Å². The van der Waals surface area contributed by atoms with Crippen LogP contribution in [0.25, 0.3) is 0 Å². The van der Waals surface area contributed by atoms with Crippen molar-refractivity contribution in [2.24, 2.45) is 5.41 Å². The molecule has 0 aliphatic rings. The second-order valence-electron chi connectivity index (χ2n) is 5.23. The number of carboxylic acids is 1. The van der Waals surface area contributed by atoms with E-state index in [0.29, 0.717) is 5.56 Å². The summed E-state index contributed by atoms with van der Waals surface area (Å²) in [4.78, 5) is 25.8. The first kappa shape index (κ1) is 14.7. The van der Waals surface area contributed by atoms with E-state index in [2.05, 4.69) is 4.98 Å². The van der Waals surface area contributed by atoms with Crippen LogP contribution >= 0.6 is 0 Å². The van der Waals surface area contributed by atoms with E-state index in [0.717, 1.165) is 0 Å². The Kier molecular flexibility index (Phi) is 3.75. The Labute approximate surface area is 121 Å². The van der Waals surface area contributed by atoms with Gasteiger partial charge in [0.25, 0.3) is 0 Å². The van der Waals surface area contributed by atoms with Gasteiger partial charge in [0.15, 0.2) is 0 Å². The Morgan fingerprint density at radius 2 is 2.00 bits per heavy atom. The van der Waals surface area contributed by atoms with Crippen LogP contribution in [0.3, 0.4) is 0 Å². The number of carboxylic acid groups (broad SMARTS) is 1. The third-order valence-corrected chi connectivity index (χ3v) is 3.44. The Hall–Kier alpha value is -2.70. The average molecular weight is 289 g/mol. The normalized spacial score (nSPS) is 12.9. The molecule has 21 heavy (non-hydrogen) atoms. The van der Waals surface area contributed by atoms with E-state index in [4.69, 9.17) is 0 Å². The molecule has 0 aliphatic heterocycles. The maximum absolute atomic E-state index is 11.6. The van der Waals surface area contributed by atoms with Crippen molar-refractivity contribution in [1.82, 2.24) is 9.55 Å². The largest absolute Gasteiger partial charge is 0.481 e. The van der Waals surface area contributed by atoms with Crippen LogP contribution in [0.15, 0.2) is 42.7 Å². The summed E-state index contributed by atoms with van der Waals surface area (Å²) in [7, 11) is 0. The first-order valence-electron chi connectivity index (χ1n) is 6.31. The summed E-state index contributed by atoms with van der Waals surface area (Å²) < 4.78 is 1.30. The lowest BCUT2D eigenvalue weighted by Gasteiger charge is -2.29. The highest BCUT2D eigenvalue weighted by Gasteiger charge is 2.43. The van der Waals surface area contributed by atoms with E-state index >= 15 is 0 Å². The van der Waals surface area contributed by atoms with Gasteiger partial charge in [-0.2, -0.15) is 0 Å². The van der Waals surface area contributed by atoms with Gasteiger partial charge in [0.05, 0.1) is 0 Å². The highest BCUT2D eigenvalue weighted by molar-refractivity contribution is 5.75. The molecule has 0 saturated carbocycles. The highest BCUT2D eigenvalue weighted by Crippen LogP contribution is 2.39. The van der Waals surface area contributed by atoms with Crippen molar-refractivity contribution >= 4 is 11.9 Å². The maximum atomic E-state index is 11.6. The number of rotatable bonds is 5. The van der Waals surface area contributed by atoms with Crippen LogP contribution < -0.4 is 0 Å². The molecule has 0 amide bonds. The van der Waals surface area contributed by atoms with Gasteiger partial charge in [0.2, 0.25) is 0 Å². The minimum atomic E-state index is -1.24. The number of aliphatic carboxylic acids is 1. The van der Waals surface area contributed by atoms with Crippen molar-refractivity contribution in [3.05, 3.63) is 58.4 Å². The second kappa shape index (κ2) is 5.35. The number of nitrogens with zero attached hydrogens (tertiary/aromatic N) is 3. The summed E-state index contributed by atoms with van der Waals surface area (Å²) in [6, 6.07) is 8.10. The minimum Gasteiger partial charge on any atom is -0.481 e. The predicted molar refractivity (Wildman–Crippen MR) is 74.9 cm³/mol.